The maximum Gasteiger partial charge on any atom is 0.307 e. The fourth-order valence-electron chi connectivity index (χ4n) is 2.61. The average molecular weight is 343 g/mol. The van der Waals surface area contributed by atoms with Crippen molar-refractivity contribution in [2.45, 2.75) is 13.0 Å². The van der Waals surface area contributed by atoms with Crippen molar-refractivity contribution < 1.29 is 9.53 Å². The topological polar surface area (TPSA) is 38.7 Å². The summed E-state index contributed by atoms with van der Waals surface area (Å²) in [7, 11) is 0. The quantitative estimate of drug-likeness (QED) is 0.462. The molecule has 3 aromatic rings. The first kappa shape index (κ1) is 17.6. The molecule has 130 valence electrons. The van der Waals surface area contributed by atoms with Crippen molar-refractivity contribution in [3.05, 3.63) is 108 Å². The second-order valence-corrected chi connectivity index (χ2v) is 5.86. The Bertz CT molecular complexity index is 802. The molecule has 0 unspecified atom stereocenters. The smallest absolute Gasteiger partial charge is 0.307 e. The average Bonchev–Trinajstić information content (AvgIpc) is 2.72. The van der Waals surface area contributed by atoms with Crippen molar-refractivity contribution in [3.63, 3.8) is 0 Å². The van der Waals surface area contributed by atoms with Crippen LogP contribution in [0.4, 0.5) is 0 Å². The molecule has 3 rings (SSSR count). The molecule has 0 amide bonds. The van der Waals surface area contributed by atoms with E-state index < -0.39 is 0 Å². The Balaban J connectivity index is 1.62. The van der Waals surface area contributed by atoms with Crippen LogP contribution >= 0.6 is 0 Å². The van der Waals surface area contributed by atoms with E-state index in [-0.39, 0.29) is 12.4 Å². The van der Waals surface area contributed by atoms with Crippen molar-refractivity contribution in [3.8, 4) is 0 Å². The molecule has 0 bridgehead atoms. The predicted molar refractivity (Wildman–Crippen MR) is 104 cm³/mol. The number of nitrogens with zero attached hydrogens (tertiary/aromatic N) is 1. The highest BCUT2D eigenvalue weighted by molar-refractivity contribution is 6.12. The van der Waals surface area contributed by atoms with E-state index in [1.807, 2.05) is 91.0 Å². The van der Waals surface area contributed by atoms with Gasteiger partial charge in [-0.05, 0) is 5.56 Å². The minimum atomic E-state index is -0.238. The van der Waals surface area contributed by atoms with Crippen LogP contribution in [0.25, 0.3) is 0 Å². The van der Waals surface area contributed by atoms with Gasteiger partial charge in [0.1, 0.15) is 6.61 Å². The first-order valence-corrected chi connectivity index (χ1v) is 8.68. The van der Waals surface area contributed by atoms with Crippen molar-refractivity contribution in [2.24, 2.45) is 4.99 Å². The molecule has 3 nitrogen and oxygen atoms in total. The van der Waals surface area contributed by atoms with Crippen molar-refractivity contribution in [2.75, 3.05) is 6.54 Å². The lowest BCUT2D eigenvalue weighted by atomic mass is 10.0. The van der Waals surface area contributed by atoms with E-state index in [1.165, 1.54) is 0 Å². The third kappa shape index (κ3) is 5.15. The van der Waals surface area contributed by atoms with Crippen LogP contribution in [-0.4, -0.2) is 18.2 Å². The zero-order chi connectivity index (χ0) is 18.0. The number of aliphatic imine (C=N–C) groups is 1. The Hall–Kier alpha value is -3.20. The van der Waals surface area contributed by atoms with E-state index in [9.17, 15) is 4.79 Å². The molecule has 0 aliphatic carbocycles. The molecule has 0 aliphatic heterocycles. The first-order valence-electron chi connectivity index (χ1n) is 8.68. The van der Waals surface area contributed by atoms with E-state index in [2.05, 4.69) is 4.99 Å². The Morgan fingerprint density at radius 3 is 1.77 bits per heavy atom. The Morgan fingerprint density at radius 2 is 1.23 bits per heavy atom. The van der Waals surface area contributed by atoms with E-state index in [1.54, 1.807) is 0 Å². The van der Waals surface area contributed by atoms with E-state index in [0.29, 0.717) is 13.2 Å². The molecular weight excluding hydrogens is 322 g/mol. The number of benzene rings is 3. The summed E-state index contributed by atoms with van der Waals surface area (Å²) < 4.78 is 5.31. The zero-order valence-electron chi connectivity index (χ0n) is 14.5. The maximum atomic E-state index is 12.0. The normalized spacial score (nSPS) is 10.2. The molecule has 0 heterocycles. The van der Waals surface area contributed by atoms with Gasteiger partial charge in [0, 0.05) is 11.1 Å². The third-order valence-electron chi connectivity index (χ3n) is 3.92. The van der Waals surface area contributed by atoms with Crippen molar-refractivity contribution in [1.82, 2.24) is 0 Å². The van der Waals surface area contributed by atoms with E-state index in [0.717, 1.165) is 22.4 Å². The highest BCUT2D eigenvalue weighted by Crippen LogP contribution is 2.11. The molecule has 0 saturated carbocycles. The zero-order valence-corrected chi connectivity index (χ0v) is 14.5. The molecule has 26 heavy (non-hydrogen) atoms. The number of hydrogen-bond donors (Lipinski definition) is 0. The minimum Gasteiger partial charge on any atom is -0.461 e. The van der Waals surface area contributed by atoms with Crippen LogP contribution in [-0.2, 0) is 16.1 Å². The maximum absolute atomic E-state index is 12.0. The van der Waals surface area contributed by atoms with Gasteiger partial charge in [-0.3, -0.25) is 9.79 Å². The first-order chi connectivity index (χ1) is 12.8. The number of hydrogen-bond acceptors (Lipinski definition) is 3. The van der Waals surface area contributed by atoms with Gasteiger partial charge in [0.25, 0.3) is 0 Å². The molecule has 0 aromatic heterocycles. The molecule has 0 aliphatic rings. The van der Waals surface area contributed by atoms with Gasteiger partial charge < -0.3 is 4.74 Å². The fourth-order valence-corrected chi connectivity index (χ4v) is 2.61. The summed E-state index contributed by atoms with van der Waals surface area (Å²) in [5.41, 5.74) is 3.95. The summed E-state index contributed by atoms with van der Waals surface area (Å²) in [5, 5.41) is 0. The van der Waals surface area contributed by atoms with Gasteiger partial charge >= 0.3 is 5.97 Å². The number of carbonyl (C=O) groups is 1. The Labute approximate surface area is 154 Å². The highest BCUT2D eigenvalue weighted by Gasteiger charge is 2.07. The summed E-state index contributed by atoms with van der Waals surface area (Å²) >= 11 is 0. The second kappa shape index (κ2) is 9.33. The largest absolute Gasteiger partial charge is 0.461 e. The number of esters is 1. The van der Waals surface area contributed by atoms with Gasteiger partial charge in [0.05, 0.1) is 18.7 Å². The van der Waals surface area contributed by atoms with Crippen LogP contribution in [0.1, 0.15) is 23.1 Å². The van der Waals surface area contributed by atoms with Crippen LogP contribution in [0.3, 0.4) is 0 Å². The summed E-state index contributed by atoms with van der Waals surface area (Å²) in [6.07, 6.45) is 0.260. The SMILES string of the molecule is O=C(CCN=C(c1ccccc1)c1ccccc1)OCc1ccccc1. The van der Waals surface area contributed by atoms with Gasteiger partial charge in [-0.15, -0.1) is 0 Å². The lowest BCUT2D eigenvalue weighted by Gasteiger charge is -2.08. The molecule has 0 N–H and O–H groups in total. The predicted octanol–water partition coefficient (Wildman–Crippen LogP) is 4.66. The summed E-state index contributed by atoms with van der Waals surface area (Å²) in [5.74, 6) is -0.238. The van der Waals surface area contributed by atoms with Crippen molar-refractivity contribution in [1.29, 1.82) is 0 Å². The molecule has 0 radical (unpaired) electrons. The fraction of sp³-hybridized carbons (Fsp3) is 0.130. The number of ether oxygens (including phenoxy) is 1. The van der Waals surface area contributed by atoms with Gasteiger partial charge in [0.15, 0.2) is 0 Å². The van der Waals surface area contributed by atoms with Gasteiger partial charge in [-0.25, -0.2) is 0 Å². The summed E-state index contributed by atoms with van der Waals surface area (Å²) in [6, 6.07) is 29.7. The third-order valence-corrected chi connectivity index (χ3v) is 3.92. The van der Waals surface area contributed by atoms with Crippen LogP contribution in [0.5, 0.6) is 0 Å². The second-order valence-electron chi connectivity index (χ2n) is 5.86. The standard InChI is InChI=1S/C23H21NO2/c25-22(26-18-19-10-4-1-5-11-19)16-17-24-23(20-12-6-2-7-13-20)21-14-8-3-9-15-21/h1-15H,16-18H2. The molecule has 3 aromatic carbocycles. The van der Waals surface area contributed by atoms with Crippen molar-refractivity contribution >= 4 is 11.7 Å². The highest BCUT2D eigenvalue weighted by atomic mass is 16.5. The number of rotatable bonds is 7. The molecule has 0 atom stereocenters. The number of carbonyl (C=O) groups excluding carboxylic acids is 1. The molecule has 0 fully saturated rings. The summed E-state index contributed by atoms with van der Waals surface area (Å²) in [4.78, 5) is 16.7. The van der Waals surface area contributed by atoms with Gasteiger partial charge in [-0.2, -0.15) is 0 Å². The monoisotopic (exact) mass is 343 g/mol. The van der Waals surface area contributed by atoms with Crippen LogP contribution < -0.4 is 0 Å². The molecule has 3 heteroatoms. The molecule has 0 saturated heterocycles. The van der Waals surface area contributed by atoms with E-state index in [4.69, 9.17) is 4.74 Å². The Morgan fingerprint density at radius 1 is 0.731 bits per heavy atom. The minimum absolute atomic E-state index is 0.238. The summed E-state index contributed by atoms with van der Waals surface area (Å²) in [6.45, 7) is 0.695. The van der Waals surface area contributed by atoms with Gasteiger partial charge in [0.2, 0.25) is 0 Å². The van der Waals surface area contributed by atoms with E-state index >= 15 is 0 Å². The molecule has 0 spiro atoms. The lowest BCUT2D eigenvalue weighted by Crippen LogP contribution is -2.09. The lowest BCUT2D eigenvalue weighted by molar-refractivity contribution is -0.144. The molecular formula is C23H21NO2. The van der Waals surface area contributed by atoms with Crippen LogP contribution in [0, 0.1) is 0 Å². The Kier molecular flexibility index (Phi) is 6.32. The van der Waals surface area contributed by atoms with Gasteiger partial charge in [-0.1, -0.05) is 91.0 Å². The van der Waals surface area contributed by atoms with Crippen LogP contribution in [0.15, 0.2) is 96.0 Å². The van der Waals surface area contributed by atoms with Crippen LogP contribution in [0.2, 0.25) is 0 Å².